The molecule has 0 aliphatic carbocycles. The summed E-state index contributed by atoms with van der Waals surface area (Å²) in [4.78, 5) is 14.2. The van der Waals surface area contributed by atoms with Crippen LogP contribution in [0.4, 0.5) is 5.69 Å². The molecule has 1 N–H and O–H groups in total. The molecule has 0 saturated heterocycles. The maximum atomic E-state index is 12.5. The van der Waals surface area contributed by atoms with Crippen molar-refractivity contribution in [1.29, 1.82) is 0 Å². The Hall–Kier alpha value is -2.53. The average molecular weight is 328 g/mol. The quantitative estimate of drug-likeness (QED) is 0.849. The highest BCUT2D eigenvalue weighted by atomic mass is 16.5. The second-order valence-corrected chi connectivity index (χ2v) is 5.52. The zero-order chi connectivity index (χ0) is 17.5. The van der Waals surface area contributed by atoms with Crippen LogP contribution >= 0.6 is 0 Å². The van der Waals surface area contributed by atoms with E-state index in [0.717, 1.165) is 11.3 Å². The van der Waals surface area contributed by atoms with Crippen molar-refractivity contribution < 1.29 is 14.3 Å². The van der Waals surface area contributed by atoms with E-state index in [-0.39, 0.29) is 11.9 Å². The normalized spacial score (nSPS) is 11.7. The number of hydrogen-bond acceptors (Lipinski definition) is 4. The van der Waals surface area contributed by atoms with Crippen molar-refractivity contribution in [2.45, 2.75) is 19.5 Å². The van der Waals surface area contributed by atoms with E-state index in [2.05, 4.69) is 5.32 Å². The fourth-order valence-corrected chi connectivity index (χ4v) is 2.42. The van der Waals surface area contributed by atoms with Gasteiger partial charge in [-0.2, -0.15) is 0 Å². The lowest BCUT2D eigenvalue weighted by atomic mass is 10.1. The van der Waals surface area contributed by atoms with Crippen molar-refractivity contribution >= 4 is 11.6 Å². The first-order chi connectivity index (χ1) is 11.6. The number of benzene rings is 2. The Bertz CT molecular complexity index is 674. The molecule has 2 rings (SSSR count). The number of likely N-dealkylation sites (N-methyl/N-ethyl adjacent to an activating group) is 1. The van der Waals surface area contributed by atoms with Crippen LogP contribution < -0.4 is 19.7 Å². The van der Waals surface area contributed by atoms with Crippen molar-refractivity contribution in [1.82, 2.24) is 5.32 Å². The molecule has 0 radical (unpaired) electrons. The summed E-state index contributed by atoms with van der Waals surface area (Å²) in [6.45, 7) is 2.43. The fraction of sp³-hybridized carbons (Fsp3) is 0.316. The maximum absolute atomic E-state index is 12.5. The Morgan fingerprint density at radius 1 is 1.08 bits per heavy atom. The number of carbonyl (C=O) groups excluding carboxylic acids is 1. The summed E-state index contributed by atoms with van der Waals surface area (Å²) < 4.78 is 10.5. The van der Waals surface area contributed by atoms with Gasteiger partial charge in [-0.15, -0.1) is 0 Å². The van der Waals surface area contributed by atoms with E-state index in [1.54, 1.807) is 26.2 Å². The lowest BCUT2D eigenvalue weighted by Crippen LogP contribution is -2.43. The van der Waals surface area contributed by atoms with Crippen LogP contribution in [0.15, 0.2) is 48.5 Å². The Morgan fingerprint density at radius 2 is 1.75 bits per heavy atom. The van der Waals surface area contributed by atoms with Crippen LogP contribution in [0.5, 0.6) is 11.5 Å². The van der Waals surface area contributed by atoms with Gasteiger partial charge >= 0.3 is 0 Å². The first-order valence-electron chi connectivity index (χ1n) is 7.83. The molecule has 1 atom stereocenters. The van der Waals surface area contributed by atoms with Crippen molar-refractivity contribution in [3.63, 3.8) is 0 Å². The number of rotatable bonds is 7. The third kappa shape index (κ3) is 4.26. The van der Waals surface area contributed by atoms with Crippen molar-refractivity contribution in [3.8, 4) is 11.5 Å². The van der Waals surface area contributed by atoms with E-state index >= 15 is 0 Å². The number of hydrogen-bond donors (Lipinski definition) is 1. The molecule has 0 aliphatic rings. The van der Waals surface area contributed by atoms with Crippen LogP contribution in [0.3, 0.4) is 0 Å². The molecule has 0 aliphatic heterocycles. The first-order valence-corrected chi connectivity index (χ1v) is 7.83. The molecule has 0 unspecified atom stereocenters. The third-order valence-electron chi connectivity index (χ3n) is 3.90. The van der Waals surface area contributed by atoms with Crippen LogP contribution in [-0.4, -0.2) is 33.2 Å². The minimum Gasteiger partial charge on any atom is -0.493 e. The minimum absolute atomic E-state index is 0.0154. The second kappa shape index (κ2) is 8.36. The molecular formula is C19H24N2O3. The van der Waals surface area contributed by atoms with Gasteiger partial charge < -0.3 is 19.7 Å². The molecule has 5 heteroatoms. The molecule has 0 fully saturated rings. The van der Waals surface area contributed by atoms with E-state index in [0.29, 0.717) is 18.0 Å². The molecule has 2 aromatic carbocycles. The summed E-state index contributed by atoms with van der Waals surface area (Å²) in [5.74, 6) is 1.38. The van der Waals surface area contributed by atoms with Crippen LogP contribution in [-0.2, 0) is 11.3 Å². The van der Waals surface area contributed by atoms with Gasteiger partial charge in [0.2, 0.25) is 5.91 Å². The smallest absolute Gasteiger partial charge is 0.243 e. The third-order valence-corrected chi connectivity index (χ3v) is 3.90. The molecule has 24 heavy (non-hydrogen) atoms. The van der Waals surface area contributed by atoms with Crippen LogP contribution in [0.25, 0.3) is 0 Å². The van der Waals surface area contributed by atoms with E-state index in [4.69, 9.17) is 9.47 Å². The largest absolute Gasteiger partial charge is 0.493 e. The summed E-state index contributed by atoms with van der Waals surface area (Å²) in [6, 6.07) is 15.0. The van der Waals surface area contributed by atoms with Gasteiger partial charge in [0.15, 0.2) is 11.5 Å². The zero-order valence-corrected chi connectivity index (χ0v) is 14.6. The Morgan fingerprint density at radius 3 is 2.38 bits per heavy atom. The predicted octanol–water partition coefficient (Wildman–Crippen LogP) is 2.84. The highest BCUT2D eigenvalue weighted by Gasteiger charge is 2.18. The van der Waals surface area contributed by atoms with Gasteiger partial charge in [-0.05, 0) is 36.8 Å². The number of ether oxygens (including phenoxy) is 2. The molecule has 0 spiro atoms. The van der Waals surface area contributed by atoms with Gasteiger partial charge in [-0.25, -0.2) is 0 Å². The minimum atomic E-state index is -0.302. The van der Waals surface area contributed by atoms with Crippen molar-refractivity contribution in [2.24, 2.45) is 0 Å². The summed E-state index contributed by atoms with van der Waals surface area (Å²) in [7, 11) is 5.00. The number of para-hydroxylation sites is 1. The van der Waals surface area contributed by atoms with Crippen molar-refractivity contribution in [3.05, 3.63) is 54.1 Å². The number of carbonyl (C=O) groups is 1. The molecule has 0 heterocycles. The van der Waals surface area contributed by atoms with Gasteiger partial charge in [0.1, 0.15) is 0 Å². The van der Waals surface area contributed by atoms with Crippen molar-refractivity contribution in [2.75, 3.05) is 26.2 Å². The van der Waals surface area contributed by atoms with Crippen LogP contribution in [0.2, 0.25) is 0 Å². The van der Waals surface area contributed by atoms with Gasteiger partial charge in [0.05, 0.1) is 20.3 Å². The Kier molecular flexibility index (Phi) is 6.21. The Balaban J connectivity index is 1.97. The predicted molar refractivity (Wildman–Crippen MR) is 95.7 cm³/mol. The zero-order valence-electron chi connectivity index (χ0n) is 14.6. The molecule has 2 aromatic rings. The molecule has 128 valence electrons. The first kappa shape index (κ1) is 17.8. The van der Waals surface area contributed by atoms with E-state index in [1.165, 1.54) is 0 Å². The summed E-state index contributed by atoms with van der Waals surface area (Å²) in [5.41, 5.74) is 1.90. The molecule has 5 nitrogen and oxygen atoms in total. The topological polar surface area (TPSA) is 50.8 Å². The lowest BCUT2D eigenvalue weighted by molar-refractivity contribution is -0.120. The van der Waals surface area contributed by atoms with Gasteiger partial charge in [0, 0.05) is 19.3 Å². The second-order valence-electron chi connectivity index (χ2n) is 5.52. The van der Waals surface area contributed by atoms with Gasteiger partial charge in [-0.3, -0.25) is 4.79 Å². The van der Waals surface area contributed by atoms with Gasteiger partial charge in [-0.1, -0.05) is 24.3 Å². The number of anilines is 1. The Labute approximate surface area is 143 Å². The summed E-state index contributed by atoms with van der Waals surface area (Å²) >= 11 is 0. The molecule has 0 saturated carbocycles. The SMILES string of the molecule is COc1ccc(CN[C@@H](C)C(=O)N(C)c2ccccc2)cc1OC. The highest BCUT2D eigenvalue weighted by molar-refractivity contribution is 5.96. The van der Waals surface area contributed by atoms with E-state index in [9.17, 15) is 4.79 Å². The monoisotopic (exact) mass is 328 g/mol. The molecule has 1 amide bonds. The van der Waals surface area contributed by atoms with E-state index in [1.807, 2.05) is 55.5 Å². The molecule has 0 aromatic heterocycles. The average Bonchev–Trinajstić information content (AvgIpc) is 2.65. The fourth-order valence-electron chi connectivity index (χ4n) is 2.42. The maximum Gasteiger partial charge on any atom is 0.243 e. The standard InChI is InChI=1S/C19H24N2O3/c1-14(19(22)21(2)16-8-6-5-7-9-16)20-13-15-10-11-17(23-3)18(12-15)24-4/h5-12,14,20H,13H2,1-4H3/t14-/m0/s1. The van der Waals surface area contributed by atoms with Gasteiger partial charge in [0.25, 0.3) is 0 Å². The number of amides is 1. The number of nitrogens with one attached hydrogen (secondary N) is 1. The molecular weight excluding hydrogens is 304 g/mol. The summed E-state index contributed by atoms with van der Waals surface area (Å²) in [6.07, 6.45) is 0. The van der Waals surface area contributed by atoms with Crippen LogP contribution in [0, 0.1) is 0 Å². The summed E-state index contributed by atoms with van der Waals surface area (Å²) in [5, 5.41) is 3.25. The molecule has 0 bridgehead atoms. The highest BCUT2D eigenvalue weighted by Crippen LogP contribution is 2.27. The number of nitrogens with zero attached hydrogens (tertiary/aromatic N) is 1. The number of methoxy groups -OCH3 is 2. The lowest BCUT2D eigenvalue weighted by Gasteiger charge is -2.22. The van der Waals surface area contributed by atoms with E-state index < -0.39 is 0 Å². The van der Waals surface area contributed by atoms with Crippen LogP contribution in [0.1, 0.15) is 12.5 Å².